The number of likely N-dealkylation sites (tertiary alicyclic amines) is 1. The number of hydrogen-bond donors (Lipinski definition) is 4. The highest BCUT2D eigenvalue weighted by atomic mass is 33.1. The van der Waals surface area contributed by atoms with E-state index in [-0.39, 0.29) is 49.0 Å². The molecule has 1 aromatic rings. The summed E-state index contributed by atoms with van der Waals surface area (Å²) in [5, 5.41) is 20.9. The fourth-order valence-corrected chi connectivity index (χ4v) is 7.82. The Morgan fingerprint density at radius 1 is 1.09 bits per heavy atom. The summed E-state index contributed by atoms with van der Waals surface area (Å²) in [4.78, 5) is 75.0. The molecule has 1 amide bonds. The average Bonchev–Trinajstić information content (AvgIpc) is 3.81. The van der Waals surface area contributed by atoms with E-state index in [2.05, 4.69) is 5.32 Å². The molecule has 1 aromatic carbocycles. The first-order valence-corrected chi connectivity index (χ1v) is 16.8. The van der Waals surface area contributed by atoms with Crippen molar-refractivity contribution < 1.29 is 43.4 Å². The summed E-state index contributed by atoms with van der Waals surface area (Å²) < 4.78 is 14.5. The van der Waals surface area contributed by atoms with Crippen LogP contribution in [0.25, 0.3) is 0 Å². The van der Waals surface area contributed by atoms with Crippen LogP contribution < -0.4 is 11.1 Å². The first kappa shape index (κ1) is 35.4. The number of halogens is 1. The first-order valence-electron chi connectivity index (χ1n) is 14.4. The van der Waals surface area contributed by atoms with Gasteiger partial charge < -0.3 is 21.3 Å². The van der Waals surface area contributed by atoms with Crippen LogP contribution in [0.3, 0.4) is 0 Å². The van der Waals surface area contributed by atoms with E-state index in [4.69, 9.17) is 10.8 Å². The second-order valence-corrected chi connectivity index (χ2v) is 13.6. The van der Waals surface area contributed by atoms with E-state index < -0.39 is 59.2 Å². The first-order chi connectivity index (χ1) is 20.9. The molecule has 0 aromatic heterocycles. The standard InChI is InChI=1S/C30H38FN3O8S2/c1-17(35)22(32)8-10-26(37)33-23(24(36)9-11-27(38)39)16-43-44-25-12-13-34(15-19-4-2-3-5-21(19)31)29(20(25)14-28(40)41)30(42)18-6-7-18/h2-5,14,18,22-23,25,29H,6-13,15-16,32H2,1H3,(H,33,37)(H,38,39)(H,40,41)/b20-14+. The summed E-state index contributed by atoms with van der Waals surface area (Å²) in [6.07, 6.45) is 2.21. The van der Waals surface area contributed by atoms with Gasteiger partial charge >= 0.3 is 11.9 Å². The molecule has 0 radical (unpaired) electrons. The summed E-state index contributed by atoms with van der Waals surface area (Å²) in [6, 6.07) is 3.56. The zero-order valence-corrected chi connectivity index (χ0v) is 26.0. The summed E-state index contributed by atoms with van der Waals surface area (Å²) in [5.41, 5.74) is 6.50. The quantitative estimate of drug-likeness (QED) is 0.135. The van der Waals surface area contributed by atoms with Crippen molar-refractivity contribution in [1.29, 1.82) is 0 Å². The molecule has 1 saturated heterocycles. The van der Waals surface area contributed by atoms with Crippen molar-refractivity contribution in [3.05, 3.63) is 47.3 Å². The topological polar surface area (TPSA) is 184 Å². The van der Waals surface area contributed by atoms with Crippen LogP contribution in [0.15, 0.2) is 35.9 Å². The van der Waals surface area contributed by atoms with E-state index in [9.17, 15) is 38.3 Å². The van der Waals surface area contributed by atoms with Crippen molar-refractivity contribution in [3.8, 4) is 0 Å². The van der Waals surface area contributed by atoms with Gasteiger partial charge in [-0.05, 0) is 44.2 Å². The number of carbonyl (C=O) groups is 6. The number of nitrogens with one attached hydrogen (secondary N) is 1. The van der Waals surface area contributed by atoms with Gasteiger partial charge in [0, 0.05) is 54.5 Å². The van der Waals surface area contributed by atoms with Gasteiger partial charge in [-0.1, -0.05) is 39.8 Å². The van der Waals surface area contributed by atoms with E-state index in [0.717, 1.165) is 6.08 Å². The van der Waals surface area contributed by atoms with Crippen LogP contribution >= 0.6 is 21.6 Å². The highest BCUT2D eigenvalue weighted by molar-refractivity contribution is 8.77. The molecule has 1 aliphatic carbocycles. The van der Waals surface area contributed by atoms with Gasteiger partial charge in [-0.15, -0.1) is 0 Å². The molecule has 1 heterocycles. The Morgan fingerprint density at radius 2 is 1.80 bits per heavy atom. The van der Waals surface area contributed by atoms with Crippen molar-refractivity contribution in [2.24, 2.45) is 11.7 Å². The molecular weight excluding hydrogens is 613 g/mol. The Balaban J connectivity index is 1.74. The molecule has 5 N–H and O–H groups in total. The largest absolute Gasteiger partial charge is 0.481 e. The van der Waals surface area contributed by atoms with Crippen LogP contribution in [0.1, 0.15) is 57.4 Å². The van der Waals surface area contributed by atoms with Crippen LogP contribution in [0.2, 0.25) is 0 Å². The van der Waals surface area contributed by atoms with Crippen molar-refractivity contribution in [1.82, 2.24) is 10.2 Å². The summed E-state index contributed by atoms with van der Waals surface area (Å²) >= 11 is 0. The zero-order chi connectivity index (χ0) is 32.4. The number of carboxylic acid groups (broad SMARTS) is 2. The molecule has 1 saturated carbocycles. The highest BCUT2D eigenvalue weighted by Crippen LogP contribution is 2.43. The van der Waals surface area contributed by atoms with E-state index >= 15 is 0 Å². The van der Waals surface area contributed by atoms with E-state index in [1.54, 1.807) is 18.2 Å². The van der Waals surface area contributed by atoms with E-state index in [1.807, 2.05) is 4.90 Å². The Bertz CT molecular complexity index is 1290. The van der Waals surface area contributed by atoms with Crippen LogP contribution in [0, 0.1) is 11.7 Å². The number of hydrogen-bond acceptors (Lipinski definition) is 10. The number of piperidine rings is 1. The lowest BCUT2D eigenvalue weighted by atomic mass is 9.89. The monoisotopic (exact) mass is 651 g/mol. The van der Waals surface area contributed by atoms with Gasteiger partial charge in [0.25, 0.3) is 0 Å². The maximum atomic E-state index is 14.5. The predicted octanol–water partition coefficient (Wildman–Crippen LogP) is 2.76. The van der Waals surface area contributed by atoms with Gasteiger partial charge in [-0.2, -0.15) is 0 Å². The number of aliphatic carboxylic acids is 2. The number of carbonyl (C=O) groups excluding carboxylic acids is 4. The van der Waals surface area contributed by atoms with Crippen LogP contribution in [0.4, 0.5) is 4.39 Å². The number of nitrogens with two attached hydrogens (primary N) is 1. The van der Waals surface area contributed by atoms with Crippen LogP contribution in [-0.4, -0.2) is 86.0 Å². The summed E-state index contributed by atoms with van der Waals surface area (Å²) in [5.74, 6) is -4.26. The third-order valence-corrected chi connectivity index (χ3v) is 10.4. The molecule has 240 valence electrons. The van der Waals surface area contributed by atoms with Crippen molar-refractivity contribution in [2.75, 3.05) is 12.3 Å². The van der Waals surface area contributed by atoms with Crippen LogP contribution in [0.5, 0.6) is 0 Å². The second kappa shape index (κ2) is 16.8. The number of ketones is 3. The highest BCUT2D eigenvalue weighted by Gasteiger charge is 2.44. The molecular formula is C30H38FN3O8S2. The smallest absolute Gasteiger partial charge is 0.328 e. The molecule has 3 rings (SSSR count). The number of rotatable bonds is 18. The molecule has 1 aliphatic heterocycles. The Hall–Kier alpha value is -3.07. The minimum Gasteiger partial charge on any atom is -0.481 e. The van der Waals surface area contributed by atoms with Crippen molar-refractivity contribution in [3.63, 3.8) is 0 Å². The molecule has 2 aliphatic rings. The fourth-order valence-electron chi connectivity index (χ4n) is 4.90. The lowest BCUT2D eigenvalue weighted by molar-refractivity contribution is -0.138. The van der Waals surface area contributed by atoms with E-state index in [1.165, 1.54) is 34.6 Å². The molecule has 4 atom stereocenters. The third-order valence-electron chi connectivity index (χ3n) is 7.53. The number of Topliss-reactive ketones (excluding diaryl/α,β-unsaturated/α-hetero) is 3. The SMILES string of the molecule is CC(=O)C(N)CCC(=O)NC(CSSC1CCN(Cc2ccccc2F)C(C(=O)C2CC2)/C1=C/C(=O)O)C(=O)CCC(=O)O. The zero-order valence-electron chi connectivity index (χ0n) is 24.4. The molecule has 0 spiro atoms. The third kappa shape index (κ3) is 10.8. The minimum absolute atomic E-state index is 0.0602. The molecule has 44 heavy (non-hydrogen) atoms. The summed E-state index contributed by atoms with van der Waals surface area (Å²) in [6.45, 7) is 1.85. The molecule has 2 fully saturated rings. The molecule has 0 bridgehead atoms. The number of nitrogens with zero attached hydrogens (tertiary/aromatic N) is 1. The molecule has 14 heteroatoms. The fraction of sp³-hybridized carbons (Fsp3) is 0.533. The molecule has 11 nitrogen and oxygen atoms in total. The maximum absolute atomic E-state index is 14.5. The van der Waals surface area contributed by atoms with Gasteiger partial charge in [0.15, 0.2) is 11.6 Å². The van der Waals surface area contributed by atoms with Gasteiger partial charge in [0.2, 0.25) is 5.91 Å². The van der Waals surface area contributed by atoms with E-state index in [0.29, 0.717) is 36.9 Å². The number of benzene rings is 1. The van der Waals surface area contributed by atoms with Crippen molar-refractivity contribution >= 4 is 56.8 Å². The Labute approximate surface area is 263 Å². The van der Waals surface area contributed by atoms with Crippen LogP contribution in [-0.2, 0) is 35.3 Å². The summed E-state index contributed by atoms with van der Waals surface area (Å²) in [7, 11) is 2.49. The predicted molar refractivity (Wildman–Crippen MR) is 164 cm³/mol. The van der Waals surface area contributed by atoms with Gasteiger partial charge in [-0.3, -0.25) is 28.9 Å². The normalized spacial score (nSPS) is 20.9. The van der Waals surface area contributed by atoms with Crippen molar-refractivity contribution in [2.45, 2.75) is 81.8 Å². The number of amides is 1. The minimum atomic E-state index is -1.21. The lowest BCUT2D eigenvalue weighted by Crippen LogP contribution is -2.50. The average molecular weight is 652 g/mol. The molecule has 4 unspecified atom stereocenters. The Kier molecular flexibility index (Phi) is 13.6. The lowest BCUT2D eigenvalue weighted by Gasteiger charge is -2.40. The maximum Gasteiger partial charge on any atom is 0.328 e. The second-order valence-electron chi connectivity index (χ2n) is 11.0. The van der Waals surface area contributed by atoms with Gasteiger partial charge in [-0.25, -0.2) is 9.18 Å². The van der Waals surface area contributed by atoms with Gasteiger partial charge in [0.1, 0.15) is 11.6 Å². The Morgan fingerprint density at radius 3 is 2.41 bits per heavy atom. The number of carboxylic acids is 2. The van der Waals surface area contributed by atoms with Gasteiger partial charge in [0.05, 0.1) is 24.5 Å².